The fraction of sp³-hybridized carbons (Fsp3) is 0.235. The minimum absolute atomic E-state index is 0.216. The first-order valence-electron chi connectivity index (χ1n) is 7.33. The van der Waals surface area contributed by atoms with Gasteiger partial charge in [0.05, 0.1) is 10.9 Å². The zero-order valence-electron chi connectivity index (χ0n) is 13.3. The number of ether oxygens (including phenoxy) is 1. The van der Waals surface area contributed by atoms with Gasteiger partial charge in [-0.1, -0.05) is 11.6 Å². The van der Waals surface area contributed by atoms with Crippen molar-refractivity contribution in [3.05, 3.63) is 61.5 Å². The van der Waals surface area contributed by atoms with Crippen LogP contribution in [0.1, 0.15) is 39.7 Å². The number of carbonyl (C=O) groups excluding carboxylic acids is 1. The molecule has 3 aromatic rings. The van der Waals surface area contributed by atoms with Crippen molar-refractivity contribution in [1.82, 2.24) is 9.97 Å². The molecule has 0 aliphatic rings. The van der Waals surface area contributed by atoms with Crippen LogP contribution in [0.15, 0.2) is 29.1 Å². The number of aromatic amines is 1. The van der Waals surface area contributed by atoms with E-state index in [0.717, 1.165) is 10.4 Å². The van der Waals surface area contributed by atoms with Crippen molar-refractivity contribution in [1.29, 1.82) is 0 Å². The molecule has 0 fully saturated rings. The molecule has 3 rings (SSSR count). The lowest BCUT2D eigenvalue weighted by atomic mass is 10.2. The molecule has 0 saturated heterocycles. The summed E-state index contributed by atoms with van der Waals surface area (Å²) in [6.07, 6.45) is -0.673. The molecule has 0 saturated carbocycles. The molecule has 2 aromatic heterocycles. The molecule has 0 amide bonds. The molecular formula is C17H15ClN2O3S. The molecule has 24 heavy (non-hydrogen) atoms. The Kier molecular flexibility index (Phi) is 4.43. The van der Waals surface area contributed by atoms with Gasteiger partial charge in [-0.2, -0.15) is 0 Å². The normalized spacial score (nSPS) is 12.3. The summed E-state index contributed by atoms with van der Waals surface area (Å²) >= 11 is 7.26. The van der Waals surface area contributed by atoms with Crippen LogP contribution in [0, 0.1) is 13.8 Å². The number of aryl methyl sites for hydroxylation is 2. The second kappa shape index (κ2) is 6.37. The number of halogens is 1. The quantitative estimate of drug-likeness (QED) is 0.709. The van der Waals surface area contributed by atoms with Gasteiger partial charge in [-0.15, -0.1) is 11.3 Å². The monoisotopic (exact) mass is 362 g/mol. The van der Waals surface area contributed by atoms with Crippen LogP contribution in [0.2, 0.25) is 5.02 Å². The van der Waals surface area contributed by atoms with Crippen molar-refractivity contribution in [2.45, 2.75) is 26.9 Å². The molecule has 5 nitrogen and oxygen atoms in total. The first kappa shape index (κ1) is 16.7. The van der Waals surface area contributed by atoms with Crippen molar-refractivity contribution >= 4 is 39.1 Å². The van der Waals surface area contributed by atoms with Crippen LogP contribution in [-0.4, -0.2) is 15.9 Å². The average molecular weight is 363 g/mol. The van der Waals surface area contributed by atoms with E-state index < -0.39 is 12.1 Å². The second-order valence-electron chi connectivity index (χ2n) is 5.47. The summed E-state index contributed by atoms with van der Waals surface area (Å²) in [7, 11) is 0. The van der Waals surface area contributed by atoms with E-state index in [2.05, 4.69) is 9.97 Å². The number of thiophene rings is 1. The summed E-state index contributed by atoms with van der Waals surface area (Å²) < 4.78 is 5.39. The van der Waals surface area contributed by atoms with E-state index in [9.17, 15) is 9.59 Å². The lowest BCUT2D eigenvalue weighted by molar-refractivity contribution is 0.0320. The first-order valence-corrected chi connectivity index (χ1v) is 8.52. The Labute approximate surface area is 147 Å². The van der Waals surface area contributed by atoms with E-state index >= 15 is 0 Å². The van der Waals surface area contributed by atoms with Crippen LogP contribution in [0.25, 0.3) is 10.2 Å². The molecule has 0 unspecified atom stereocenters. The van der Waals surface area contributed by atoms with Crippen molar-refractivity contribution in [3.63, 3.8) is 0 Å². The fourth-order valence-electron chi connectivity index (χ4n) is 2.33. The Balaban J connectivity index is 1.88. The van der Waals surface area contributed by atoms with Crippen molar-refractivity contribution in [2.24, 2.45) is 0 Å². The zero-order valence-corrected chi connectivity index (χ0v) is 14.9. The van der Waals surface area contributed by atoms with Gasteiger partial charge in [0.15, 0.2) is 11.9 Å². The van der Waals surface area contributed by atoms with Gasteiger partial charge in [-0.05, 0) is 50.6 Å². The predicted octanol–water partition coefficient (Wildman–Crippen LogP) is 4.17. The van der Waals surface area contributed by atoms with Crippen LogP contribution in [0.4, 0.5) is 0 Å². The van der Waals surface area contributed by atoms with E-state index in [0.29, 0.717) is 26.6 Å². The number of nitrogens with zero attached hydrogens (tertiary/aromatic N) is 1. The van der Waals surface area contributed by atoms with Crippen molar-refractivity contribution in [2.75, 3.05) is 0 Å². The Hall–Kier alpha value is -2.18. The molecule has 2 heterocycles. The number of hydrogen-bond donors (Lipinski definition) is 1. The number of H-pyrrole nitrogens is 1. The van der Waals surface area contributed by atoms with Gasteiger partial charge in [0, 0.05) is 9.90 Å². The molecule has 0 aliphatic carbocycles. The number of benzene rings is 1. The van der Waals surface area contributed by atoms with E-state index in [1.165, 1.54) is 11.3 Å². The van der Waals surface area contributed by atoms with Gasteiger partial charge in [-0.3, -0.25) is 4.79 Å². The second-order valence-corrected chi connectivity index (χ2v) is 7.11. The Bertz CT molecular complexity index is 976. The van der Waals surface area contributed by atoms with Crippen LogP contribution in [-0.2, 0) is 4.74 Å². The Morgan fingerprint density at radius 2 is 1.96 bits per heavy atom. The topological polar surface area (TPSA) is 72.0 Å². The number of hydrogen-bond acceptors (Lipinski definition) is 5. The van der Waals surface area contributed by atoms with E-state index in [4.69, 9.17) is 16.3 Å². The highest BCUT2D eigenvalue weighted by molar-refractivity contribution is 7.18. The lowest BCUT2D eigenvalue weighted by Crippen LogP contribution is -2.17. The molecule has 0 spiro atoms. The molecule has 124 valence electrons. The standard InChI is InChI=1S/C17H15ClN2O3S/c1-8-10(3)24-16-13(8)15(21)19-14(20-16)9(2)23-17(22)11-4-6-12(18)7-5-11/h4-7,9H,1-3H3,(H,19,20,21)/t9-/m1/s1. The largest absolute Gasteiger partial charge is 0.451 e. The third-order valence-corrected chi connectivity index (χ3v) is 5.16. The van der Waals surface area contributed by atoms with Gasteiger partial charge in [0.1, 0.15) is 4.83 Å². The fourth-order valence-corrected chi connectivity index (χ4v) is 3.50. The average Bonchev–Trinajstić information content (AvgIpc) is 2.82. The van der Waals surface area contributed by atoms with Crippen LogP contribution in [0.3, 0.4) is 0 Å². The number of fused-ring (bicyclic) bond motifs is 1. The summed E-state index contributed by atoms with van der Waals surface area (Å²) in [5.74, 6) is -0.170. The van der Waals surface area contributed by atoms with Gasteiger partial charge in [0.25, 0.3) is 5.56 Å². The van der Waals surface area contributed by atoms with Gasteiger partial charge >= 0.3 is 5.97 Å². The molecule has 0 aliphatic heterocycles. The third kappa shape index (κ3) is 3.07. The minimum Gasteiger partial charge on any atom is -0.451 e. The highest BCUT2D eigenvalue weighted by Gasteiger charge is 2.19. The summed E-state index contributed by atoms with van der Waals surface area (Å²) in [6.45, 7) is 5.52. The number of nitrogens with one attached hydrogen (secondary N) is 1. The minimum atomic E-state index is -0.673. The molecule has 0 radical (unpaired) electrons. The molecule has 1 atom stereocenters. The van der Waals surface area contributed by atoms with Gasteiger partial charge in [-0.25, -0.2) is 9.78 Å². The van der Waals surface area contributed by atoms with Crippen LogP contribution < -0.4 is 5.56 Å². The van der Waals surface area contributed by atoms with Crippen molar-refractivity contribution in [3.8, 4) is 0 Å². The maximum atomic E-state index is 12.3. The predicted molar refractivity (Wildman–Crippen MR) is 95.0 cm³/mol. The number of aromatic nitrogens is 2. The Morgan fingerprint density at radius 3 is 2.62 bits per heavy atom. The summed E-state index contributed by atoms with van der Waals surface area (Å²) in [5, 5.41) is 1.14. The molecule has 1 aromatic carbocycles. The van der Waals surface area contributed by atoms with E-state index in [-0.39, 0.29) is 5.56 Å². The molecule has 7 heteroatoms. The van der Waals surface area contributed by atoms with Crippen LogP contribution >= 0.6 is 22.9 Å². The van der Waals surface area contributed by atoms with Crippen LogP contribution in [0.5, 0.6) is 0 Å². The maximum absolute atomic E-state index is 12.3. The smallest absolute Gasteiger partial charge is 0.338 e. The number of esters is 1. The molecule has 0 bridgehead atoms. The van der Waals surface area contributed by atoms with Crippen molar-refractivity contribution < 1.29 is 9.53 Å². The Morgan fingerprint density at radius 1 is 1.29 bits per heavy atom. The van der Waals surface area contributed by atoms with Gasteiger partial charge < -0.3 is 9.72 Å². The van der Waals surface area contributed by atoms with E-state index in [1.807, 2.05) is 13.8 Å². The third-order valence-electron chi connectivity index (χ3n) is 3.81. The van der Waals surface area contributed by atoms with E-state index in [1.54, 1.807) is 31.2 Å². The summed E-state index contributed by atoms with van der Waals surface area (Å²) in [6, 6.07) is 6.41. The summed E-state index contributed by atoms with van der Waals surface area (Å²) in [5.41, 5.74) is 1.10. The number of rotatable bonds is 3. The maximum Gasteiger partial charge on any atom is 0.338 e. The molecular weight excluding hydrogens is 348 g/mol. The lowest BCUT2D eigenvalue weighted by Gasteiger charge is -2.12. The number of carbonyl (C=O) groups is 1. The highest BCUT2D eigenvalue weighted by Crippen LogP contribution is 2.27. The SMILES string of the molecule is Cc1sc2nc([C@@H](C)OC(=O)c3ccc(Cl)cc3)[nH]c(=O)c2c1C. The summed E-state index contributed by atoms with van der Waals surface area (Å²) in [4.78, 5) is 33.3. The highest BCUT2D eigenvalue weighted by atomic mass is 35.5. The zero-order chi connectivity index (χ0) is 17.4. The first-order chi connectivity index (χ1) is 11.4. The van der Waals surface area contributed by atoms with Gasteiger partial charge in [0.2, 0.25) is 0 Å². The molecule has 1 N–H and O–H groups in total.